The van der Waals surface area contributed by atoms with Crippen molar-refractivity contribution in [3.05, 3.63) is 23.1 Å². The van der Waals surface area contributed by atoms with Crippen LogP contribution in [0.1, 0.15) is 32.5 Å². The zero-order valence-corrected chi connectivity index (χ0v) is 12.1. The maximum atomic E-state index is 11.2. The number of nitrogens with zero attached hydrogens (tertiary/aromatic N) is 2. The van der Waals surface area contributed by atoms with E-state index < -0.39 is 9.05 Å². The van der Waals surface area contributed by atoms with E-state index in [-0.39, 0.29) is 10.9 Å². The Morgan fingerprint density at radius 1 is 1.59 bits per heavy atom. The molecule has 4 nitrogen and oxygen atoms in total. The minimum Gasteiger partial charge on any atom is -0.329 e. The summed E-state index contributed by atoms with van der Waals surface area (Å²) in [6.45, 7) is 6.22. The fourth-order valence-corrected chi connectivity index (χ4v) is 2.16. The predicted octanol–water partition coefficient (Wildman–Crippen LogP) is 3.08. The van der Waals surface area contributed by atoms with Gasteiger partial charge in [0.2, 0.25) is 0 Å². The Morgan fingerprint density at radius 3 is 2.59 bits per heavy atom. The van der Waals surface area contributed by atoms with Gasteiger partial charge in [-0.15, -0.1) is 0 Å². The summed E-state index contributed by atoms with van der Waals surface area (Å²) in [5, 5.41) is -0.120. The molecule has 1 aromatic rings. The fraction of sp³-hybridized carbons (Fsp3) is 0.500. The first-order chi connectivity index (χ1) is 7.75. The van der Waals surface area contributed by atoms with E-state index in [0.29, 0.717) is 12.4 Å². The Labute approximate surface area is 111 Å². The second kappa shape index (κ2) is 5.42. The number of hydrogen-bond donors (Lipinski definition) is 0. The molecule has 0 N–H and O–H groups in total. The van der Waals surface area contributed by atoms with Gasteiger partial charge in [-0.2, -0.15) is 0 Å². The van der Waals surface area contributed by atoms with Crippen LogP contribution in [0.4, 0.5) is 0 Å². The first-order valence-electron chi connectivity index (χ1n) is 5.03. The summed E-state index contributed by atoms with van der Waals surface area (Å²) in [7, 11) is 1.48. The smallest absolute Gasteiger partial charge is 0.280 e. The summed E-state index contributed by atoms with van der Waals surface area (Å²) in [5.41, 5.74) is 2.36. The Bertz CT molecular complexity index is 533. The van der Waals surface area contributed by atoms with Crippen LogP contribution < -0.4 is 0 Å². The van der Waals surface area contributed by atoms with Gasteiger partial charge in [0.05, 0.1) is 0 Å². The maximum absolute atomic E-state index is 11.2. The third kappa shape index (κ3) is 3.72. The number of rotatable bonds is 4. The Morgan fingerprint density at radius 2 is 2.18 bits per heavy atom. The van der Waals surface area contributed by atoms with Gasteiger partial charge in [-0.1, -0.05) is 25.4 Å². The van der Waals surface area contributed by atoms with Crippen molar-refractivity contribution in [2.24, 2.45) is 0 Å². The summed E-state index contributed by atoms with van der Waals surface area (Å²) in [5.74, 6) is 0.771. The van der Waals surface area contributed by atoms with E-state index in [2.05, 4.69) is 4.98 Å². The molecule has 0 bridgehead atoms. The quantitative estimate of drug-likeness (QED) is 0.802. The average molecular weight is 297 g/mol. The van der Waals surface area contributed by atoms with Crippen molar-refractivity contribution in [1.82, 2.24) is 9.55 Å². The molecule has 0 spiro atoms. The lowest BCUT2D eigenvalue weighted by Crippen LogP contribution is -2.05. The molecule has 0 radical (unpaired) electrons. The summed E-state index contributed by atoms with van der Waals surface area (Å²) < 4.78 is 24.2. The zero-order valence-electron chi connectivity index (χ0n) is 9.81. The number of aromatic nitrogens is 2. The number of halogens is 2. The van der Waals surface area contributed by atoms with Crippen molar-refractivity contribution < 1.29 is 8.42 Å². The molecule has 96 valence electrons. The molecular formula is C10H14Cl2N2O2S. The van der Waals surface area contributed by atoms with Gasteiger partial charge in [0.25, 0.3) is 9.05 Å². The molecular weight excluding hydrogens is 283 g/mol. The molecule has 0 aromatic carbocycles. The molecule has 0 fully saturated rings. The van der Waals surface area contributed by atoms with Crippen molar-refractivity contribution in [3.8, 4) is 0 Å². The predicted molar refractivity (Wildman–Crippen MR) is 69.0 cm³/mol. The van der Waals surface area contributed by atoms with Crippen molar-refractivity contribution >= 4 is 31.3 Å². The number of imidazole rings is 1. The van der Waals surface area contributed by atoms with Gasteiger partial charge in [0, 0.05) is 34.9 Å². The zero-order chi connectivity index (χ0) is 13.2. The number of allylic oxidation sites excluding steroid dienone is 1. The summed E-state index contributed by atoms with van der Waals surface area (Å²) in [4.78, 5) is 4.04. The Balaban J connectivity index is 3.24. The molecule has 0 saturated carbocycles. The number of hydrogen-bond acceptors (Lipinski definition) is 3. The molecule has 0 aliphatic carbocycles. The molecule has 1 rings (SSSR count). The van der Waals surface area contributed by atoms with Crippen LogP contribution in [-0.2, 0) is 15.6 Å². The highest BCUT2D eigenvalue weighted by Gasteiger charge is 2.19. The Kier molecular flexibility index (Phi) is 4.63. The van der Waals surface area contributed by atoms with Crippen LogP contribution in [0.25, 0.3) is 0 Å². The lowest BCUT2D eigenvalue weighted by atomic mass is 10.2. The molecule has 1 heterocycles. The molecule has 0 aliphatic rings. The van der Waals surface area contributed by atoms with Crippen LogP contribution in [-0.4, -0.2) is 18.0 Å². The van der Waals surface area contributed by atoms with Crippen molar-refractivity contribution in [2.75, 3.05) is 0 Å². The molecule has 1 aromatic heterocycles. The molecule has 0 amide bonds. The van der Waals surface area contributed by atoms with E-state index in [0.717, 1.165) is 5.57 Å². The molecule has 0 aliphatic heterocycles. The normalized spacial score (nSPS) is 13.4. The van der Waals surface area contributed by atoms with E-state index in [4.69, 9.17) is 22.3 Å². The van der Waals surface area contributed by atoms with Crippen LogP contribution in [0, 0.1) is 0 Å². The van der Waals surface area contributed by atoms with E-state index in [9.17, 15) is 8.42 Å². The SMILES string of the molecule is CC(=CCl)Cn1cc(S(=O)(=O)Cl)nc1C(C)C. The van der Waals surface area contributed by atoms with Gasteiger partial charge in [-0.3, -0.25) is 0 Å². The van der Waals surface area contributed by atoms with E-state index in [1.54, 1.807) is 4.57 Å². The lowest BCUT2D eigenvalue weighted by molar-refractivity contribution is 0.606. The second-order valence-electron chi connectivity index (χ2n) is 4.11. The molecule has 7 heteroatoms. The van der Waals surface area contributed by atoms with E-state index >= 15 is 0 Å². The van der Waals surface area contributed by atoms with Gasteiger partial charge in [0.1, 0.15) is 5.82 Å². The first-order valence-corrected chi connectivity index (χ1v) is 7.78. The van der Waals surface area contributed by atoms with Crippen LogP contribution in [0.5, 0.6) is 0 Å². The average Bonchev–Trinajstić information content (AvgIpc) is 2.61. The molecule has 17 heavy (non-hydrogen) atoms. The van der Waals surface area contributed by atoms with Gasteiger partial charge < -0.3 is 4.57 Å². The third-order valence-corrected chi connectivity index (χ3v) is 3.70. The highest BCUT2D eigenvalue weighted by molar-refractivity contribution is 8.13. The minimum atomic E-state index is -3.79. The topological polar surface area (TPSA) is 52.0 Å². The highest BCUT2D eigenvalue weighted by atomic mass is 35.7. The summed E-state index contributed by atoms with van der Waals surface area (Å²) in [6.07, 6.45) is 1.43. The summed E-state index contributed by atoms with van der Waals surface area (Å²) >= 11 is 5.59. The monoisotopic (exact) mass is 296 g/mol. The maximum Gasteiger partial charge on any atom is 0.280 e. The van der Waals surface area contributed by atoms with Crippen molar-refractivity contribution in [2.45, 2.75) is 38.3 Å². The largest absolute Gasteiger partial charge is 0.329 e. The van der Waals surface area contributed by atoms with Gasteiger partial charge in [0.15, 0.2) is 5.03 Å². The molecule has 0 saturated heterocycles. The van der Waals surface area contributed by atoms with Crippen LogP contribution >= 0.6 is 22.3 Å². The van der Waals surface area contributed by atoms with E-state index in [1.807, 2.05) is 20.8 Å². The van der Waals surface area contributed by atoms with Crippen molar-refractivity contribution in [1.29, 1.82) is 0 Å². The third-order valence-electron chi connectivity index (χ3n) is 2.16. The molecule has 0 unspecified atom stereocenters. The van der Waals surface area contributed by atoms with Crippen LogP contribution in [0.3, 0.4) is 0 Å². The minimum absolute atomic E-state index is 0.102. The Hall–Kier alpha value is -0.520. The van der Waals surface area contributed by atoms with E-state index in [1.165, 1.54) is 11.7 Å². The highest BCUT2D eigenvalue weighted by Crippen LogP contribution is 2.20. The van der Waals surface area contributed by atoms with Crippen molar-refractivity contribution in [3.63, 3.8) is 0 Å². The standard InChI is InChI=1S/C10H14Cl2N2O2S/c1-7(2)10-13-9(17(12,15)16)6-14(10)5-8(3)4-11/h4,6-7H,5H2,1-3H3. The van der Waals surface area contributed by atoms with Crippen LogP contribution in [0.15, 0.2) is 22.3 Å². The van der Waals surface area contributed by atoms with Gasteiger partial charge in [-0.05, 0) is 12.5 Å². The lowest BCUT2D eigenvalue weighted by Gasteiger charge is -2.09. The van der Waals surface area contributed by atoms with Gasteiger partial charge in [-0.25, -0.2) is 13.4 Å². The summed E-state index contributed by atoms with van der Waals surface area (Å²) in [6, 6.07) is 0. The molecule has 0 atom stereocenters. The van der Waals surface area contributed by atoms with Crippen LogP contribution in [0.2, 0.25) is 0 Å². The first kappa shape index (κ1) is 14.5. The second-order valence-corrected chi connectivity index (χ2v) is 6.84. The van der Waals surface area contributed by atoms with Gasteiger partial charge >= 0.3 is 0 Å². The fourth-order valence-electron chi connectivity index (χ4n) is 1.41.